The second kappa shape index (κ2) is 10.6. The van der Waals surface area contributed by atoms with Crippen LogP contribution in [0.1, 0.15) is 12.2 Å². The van der Waals surface area contributed by atoms with E-state index in [1.165, 1.54) is 0 Å². The highest BCUT2D eigenvalue weighted by Gasteiger charge is 2.15. The van der Waals surface area contributed by atoms with Crippen molar-refractivity contribution in [3.05, 3.63) is 59.4 Å². The number of imidazole rings is 1. The van der Waals surface area contributed by atoms with Gasteiger partial charge in [-0.3, -0.25) is 9.69 Å². The molecular formula is C23H27ClN4O3. The molecule has 31 heavy (non-hydrogen) atoms. The van der Waals surface area contributed by atoms with Crippen molar-refractivity contribution in [2.45, 2.75) is 19.6 Å². The van der Waals surface area contributed by atoms with Gasteiger partial charge in [-0.25, -0.2) is 4.98 Å². The number of hydrogen-bond acceptors (Lipinski definition) is 5. The summed E-state index contributed by atoms with van der Waals surface area (Å²) < 4.78 is 13.2. The van der Waals surface area contributed by atoms with Crippen LogP contribution in [-0.2, 0) is 22.7 Å². The maximum Gasteiger partial charge on any atom is 0.240 e. The van der Waals surface area contributed by atoms with Gasteiger partial charge >= 0.3 is 0 Å². The van der Waals surface area contributed by atoms with Gasteiger partial charge in [-0.1, -0.05) is 23.7 Å². The molecule has 0 bridgehead atoms. The van der Waals surface area contributed by atoms with E-state index in [1.807, 2.05) is 41.0 Å². The van der Waals surface area contributed by atoms with Crippen LogP contribution in [-0.4, -0.2) is 59.8 Å². The largest absolute Gasteiger partial charge is 0.486 e. The van der Waals surface area contributed by atoms with Crippen LogP contribution >= 0.6 is 11.6 Å². The Bertz CT molecular complexity index is 1000. The molecule has 2 heterocycles. The molecule has 1 aromatic heterocycles. The minimum Gasteiger partial charge on any atom is -0.486 e. The van der Waals surface area contributed by atoms with Crippen molar-refractivity contribution in [2.75, 3.05) is 39.4 Å². The van der Waals surface area contributed by atoms with Gasteiger partial charge < -0.3 is 19.4 Å². The Balaban J connectivity index is 1.35. The van der Waals surface area contributed by atoms with Crippen molar-refractivity contribution in [1.29, 1.82) is 0 Å². The van der Waals surface area contributed by atoms with E-state index in [9.17, 15) is 4.79 Å². The molecule has 1 amide bonds. The highest BCUT2D eigenvalue weighted by Crippen LogP contribution is 2.20. The first-order valence-electron chi connectivity index (χ1n) is 10.6. The first-order valence-corrected chi connectivity index (χ1v) is 11.0. The Labute approximate surface area is 186 Å². The predicted octanol–water partition coefficient (Wildman–Crippen LogP) is 3.11. The molecule has 0 aliphatic carbocycles. The standard InChI is InChI=1S/C23H27ClN4O3/c24-18-6-8-19(9-7-18)31-17-22-26-20-4-1-2-5-21(20)28(22)16-23(29)25-10-3-11-27-12-14-30-15-13-27/h1-2,4-9H,3,10-17H2,(H,25,29). The number of nitrogens with one attached hydrogen (secondary N) is 1. The van der Waals surface area contributed by atoms with Crippen LogP contribution in [0, 0.1) is 0 Å². The Hall–Kier alpha value is -2.61. The smallest absolute Gasteiger partial charge is 0.240 e. The molecule has 7 nitrogen and oxygen atoms in total. The van der Waals surface area contributed by atoms with E-state index in [1.54, 1.807) is 12.1 Å². The molecule has 1 N–H and O–H groups in total. The molecule has 164 valence electrons. The third kappa shape index (κ3) is 5.97. The van der Waals surface area contributed by atoms with Gasteiger partial charge in [-0.05, 0) is 49.4 Å². The number of benzene rings is 2. The second-order valence-electron chi connectivity index (χ2n) is 7.50. The van der Waals surface area contributed by atoms with Gasteiger partial charge in [-0.15, -0.1) is 0 Å². The summed E-state index contributed by atoms with van der Waals surface area (Å²) in [7, 11) is 0. The summed E-state index contributed by atoms with van der Waals surface area (Å²) in [6.07, 6.45) is 0.920. The SMILES string of the molecule is O=C(Cn1c(COc2ccc(Cl)cc2)nc2ccccc21)NCCCN1CCOCC1. The lowest BCUT2D eigenvalue weighted by atomic mass is 10.3. The van der Waals surface area contributed by atoms with Crippen molar-refractivity contribution >= 4 is 28.5 Å². The van der Waals surface area contributed by atoms with Crippen LogP contribution in [0.3, 0.4) is 0 Å². The van der Waals surface area contributed by atoms with Crippen LogP contribution in [0.25, 0.3) is 11.0 Å². The molecule has 2 aromatic carbocycles. The number of nitrogens with zero attached hydrogens (tertiary/aromatic N) is 3. The fourth-order valence-electron chi connectivity index (χ4n) is 3.65. The van der Waals surface area contributed by atoms with Crippen LogP contribution in [0.5, 0.6) is 5.75 Å². The lowest BCUT2D eigenvalue weighted by Crippen LogP contribution is -2.38. The molecule has 0 saturated carbocycles. The quantitative estimate of drug-likeness (QED) is 0.516. The number of hydrogen-bond donors (Lipinski definition) is 1. The van der Waals surface area contributed by atoms with E-state index >= 15 is 0 Å². The van der Waals surface area contributed by atoms with Crippen molar-refractivity contribution in [3.8, 4) is 5.75 Å². The number of rotatable bonds is 9. The summed E-state index contributed by atoms with van der Waals surface area (Å²) in [5.74, 6) is 1.38. The zero-order valence-corrected chi connectivity index (χ0v) is 18.2. The third-order valence-electron chi connectivity index (χ3n) is 5.29. The van der Waals surface area contributed by atoms with E-state index < -0.39 is 0 Å². The third-order valence-corrected chi connectivity index (χ3v) is 5.55. The summed E-state index contributed by atoms with van der Waals surface area (Å²) in [5, 5.41) is 3.69. The molecule has 8 heteroatoms. The van der Waals surface area contributed by atoms with Gasteiger partial charge in [-0.2, -0.15) is 0 Å². The van der Waals surface area contributed by atoms with Gasteiger partial charge in [0.15, 0.2) is 0 Å². The lowest BCUT2D eigenvalue weighted by Gasteiger charge is -2.26. The Morgan fingerprint density at radius 1 is 1.13 bits per heavy atom. The van der Waals surface area contributed by atoms with Gasteiger partial charge in [0.2, 0.25) is 5.91 Å². The van der Waals surface area contributed by atoms with Crippen molar-refractivity contribution < 1.29 is 14.3 Å². The number of para-hydroxylation sites is 2. The molecule has 1 fully saturated rings. The Kier molecular flexibility index (Phi) is 7.40. The summed E-state index contributed by atoms with van der Waals surface area (Å²) >= 11 is 5.94. The average molecular weight is 443 g/mol. The van der Waals surface area contributed by atoms with Gasteiger partial charge in [0, 0.05) is 24.7 Å². The maximum atomic E-state index is 12.6. The van der Waals surface area contributed by atoms with Crippen LogP contribution in [0.2, 0.25) is 5.02 Å². The minimum atomic E-state index is -0.0297. The Morgan fingerprint density at radius 2 is 1.90 bits per heavy atom. The number of morpholine rings is 1. The molecule has 1 aliphatic heterocycles. The fraction of sp³-hybridized carbons (Fsp3) is 0.391. The van der Waals surface area contributed by atoms with Gasteiger partial charge in [0.1, 0.15) is 24.7 Å². The fourth-order valence-corrected chi connectivity index (χ4v) is 3.77. The number of carbonyl (C=O) groups is 1. The monoisotopic (exact) mass is 442 g/mol. The molecular weight excluding hydrogens is 416 g/mol. The summed E-state index contributed by atoms with van der Waals surface area (Å²) in [5.41, 5.74) is 1.76. The number of fused-ring (bicyclic) bond motifs is 1. The van der Waals surface area contributed by atoms with E-state index in [2.05, 4.69) is 15.2 Å². The maximum absolute atomic E-state index is 12.6. The average Bonchev–Trinajstić information content (AvgIpc) is 3.14. The number of aromatic nitrogens is 2. The van der Waals surface area contributed by atoms with Crippen LogP contribution < -0.4 is 10.1 Å². The van der Waals surface area contributed by atoms with E-state index in [0.717, 1.165) is 50.3 Å². The minimum absolute atomic E-state index is 0.0297. The number of ether oxygens (including phenoxy) is 2. The summed E-state index contributed by atoms with van der Waals surface area (Å²) in [4.78, 5) is 19.7. The predicted molar refractivity (Wildman–Crippen MR) is 120 cm³/mol. The van der Waals surface area contributed by atoms with Gasteiger partial charge in [0.05, 0.1) is 24.2 Å². The van der Waals surface area contributed by atoms with E-state index in [0.29, 0.717) is 23.1 Å². The molecule has 0 unspecified atom stereocenters. The first kappa shape index (κ1) is 21.6. The van der Waals surface area contributed by atoms with Crippen molar-refractivity contribution in [3.63, 3.8) is 0 Å². The van der Waals surface area contributed by atoms with Crippen LogP contribution in [0.4, 0.5) is 0 Å². The molecule has 3 aromatic rings. The molecule has 0 spiro atoms. The molecule has 0 radical (unpaired) electrons. The lowest BCUT2D eigenvalue weighted by molar-refractivity contribution is -0.121. The number of amides is 1. The highest BCUT2D eigenvalue weighted by molar-refractivity contribution is 6.30. The highest BCUT2D eigenvalue weighted by atomic mass is 35.5. The summed E-state index contributed by atoms with van der Waals surface area (Å²) in [6.45, 7) is 5.61. The van der Waals surface area contributed by atoms with Crippen LogP contribution in [0.15, 0.2) is 48.5 Å². The zero-order chi connectivity index (χ0) is 21.5. The Morgan fingerprint density at radius 3 is 2.71 bits per heavy atom. The van der Waals surface area contributed by atoms with Crippen molar-refractivity contribution in [1.82, 2.24) is 19.8 Å². The molecule has 1 saturated heterocycles. The van der Waals surface area contributed by atoms with Crippen molar-refractivity contribution in [2.24, 2.45) is 0 Å². The molecule has 4 rings (SSSR count). The second-order valence-corrected chi connectivity index (χ2v) is 7.94. The number of halogens is 1. The molecule has 0 atom stereocenters. The number of carbonyl (C=O) groups excluding carboxylic acids is 1. The first-order chi connectivity index (χ1) is 15.2. The van der Waals surface area contributed by atoms with E-state index in [4.69, 9.17) is 21.1 Å². The zero-order valence-electron chi connectivity index (χ0n) is 17.4. The topological polar surface area (TPSA) is 68.6 Å². The van der Waals surface area contributed by atoms with Gasteiger partial charge in [0.25, 0.3) is 0 Å². The normalized spacial score (nSPS) is 14.6. The van der Waals surface area contributed by atoms with E-state index in [-0.39, 0.29) is 19.1 Å². The summed E-state index contributed by atoms with van der Waals surface area (Å²) in [6, 6.07) is 15.0. The molecule has 1 aliphatic rings.